The number of halogens is 1. The number of ether oxygens (including phenoxy) is 1. The molecular weight excluding hydrogens is 232 g/mol. The van der Waals surface area contributed by atoms with E-state index in [1.807, 2.05) is 24.3 Å². The molecule has 0 aliphatic carbocycles. The molecule has 0 aliphatic heterocycles. The van der Waals surface area contributed by atoms with Crippen LogP contribution in [0.5, 0.6) is 5.75 Å². The van der Waals surface area contributed by atoms with E-state index in [1.165, 1.54) is 11.5 Å². The van der Waals surface area contributed by atoms with Gasteiger partial charge in [-0.3, -0.25) is 0 Å². The third kappa shape index (κ3) is 1.91. The van der Waals surface area contributed by atoms with Crippen LogP contribution in [0, 0.1) is 0 Å². The molecule has 0 spiro atoms. The number of nitrogen functional groups attached to an aromatic ring is 1. The lowest BCUT2D eigenvalue weighted by atomic mass is 10.2. The second-order valence-electron chi connectivity index (χ2n) is 2.94. The number of aromatic nitrogens is 1. The molecule has 0 aliphatic rings. The van der Waals surface area contributed by atoms with E-state index in [2.05, 4.69) is 4.37 Å². The number of hydrogen-bond acceptors (Lipinski definition) is 4. The summed E-state index contributed by atoms with van der Waals surface area (Å²) >= 11 is 7.31. The summed E-state index contributed by atoms with van der Waals surface area (Å²) in [4.78, 5) is 0.869. The quantitative estimate of drug-likeness (QED) is 0.878. The van der Waals surface area contributed by atoms with Gasteiger partial charge in [0.1, 0.15) is 10.8 Å². The molecule has 1 aromatic carbocycles. The Labute approximate surface area is 96.6 Å². The van der Waals surface area contributed by atoms with Crippen LogP contribution < -0.4 is 10.5 Å². The van der Waals surface area contributed by atoms with Crippen LogP contribution in [0.15, 0.2) is 24.3 Å². The first-order valence-electron chi connectivity index (χ1n) is 4.27. The third-order valence-corrected chi connectivity index (χ3v) is 3.40. The molecule has 2 N–H and O–H groups in total. The molecule has 0 unspecified atom stereocenters. The van der Waals surface area contributed by atoms with Crippen LogP contribution in [0.1, 0.15) is 0 Å². The van der Waals surface area contributed by atoms with Gasteiger partial charge in [0.25, 0.3) is 0 Å². The van der Waals surface area contributed by atoms with E-state index in [0.29, 0.717) is 10.8 Å². The van der Waals surface area contributed by atoms with E-state index in [1.54, 1.807) is 7.11 Å². The van der Waals surface area contributed by atoms with Gasteiger partial charge < -0.3 is 10.5 Å². The Morgan fingerprint density at radius 2 is 2.27 bits per heavy atom. The zero-order chi connectivity index (χ0) is 10.8. The summed E-state index contributed by atoms with van der Waals surface area (Å²) < 4.78 is 9.13. The van der Waals surface area contributed by atoms with Crippen LogP contribution in [-0.2, 0) is 0 Å². The highest BCUT2D eigenvalue weighted by Crippen LogP contribution is 2.36. The minimum Gasteiger partial charge on any atom is -0.497 e. The number of rotatable bonds is 2. The van der Waals surface area contributed by atoms with Gasteiger partial charge in [-0.15, -0.1) is 0 Å². The van der Waals surface area contributed by atoms with Crippen molar-refractivity contribution in [3.8, 4) is 16.2 Å². The van der Waals surface area contributed by atoms with Crippen LogP contribution in [0.2, 0.25) is 5.02 Å². The number of nitrogens with zero attached hydrogens (tertiary/aromatic N) is 1. The summed E-state index contributed by atoms with van der Waals surface area (Å²) in [5.41, 5.74) is 6.55. The molecule has 3 nitrogen and oxygen atoms in total. The Morgan fingerprint density at radius 3 is 2.87 bits per heavy atom. The van der Waals surface area contributed by atoms with E-state index in [9.17, 15) is 0 Å². The maximum atomic E-state index is 6.02. The summed E-state index contributed by atoms with van der Waals surface area (Å²) in [5, 5.41) is 0.508. The largest absolute Gasteiger partial charge is 0.497 e. The van der Waals surface area contributed by atoms with Gasteiger partial charge in [0.05, 0.1) is 12.0 Å². The molecule has 78 valence electrons. The maximum Gasteiger partial charge on any atom is 0.156 e. The van der Waals surface area contributed by atoms with E-state index >= 15 is 0 Å². The molecule has 1 heterocycles. The van der Waals surface area contributed by atoms with Crippen LogP contribution in [-0.4, -0.2) is 11.5 Å². The van der Waals surface area contributed by atoms with Crippen molar-refractivity contribution in [2.45, 2.75) is 0 Å². The molecule has 0 amide bonds. The highest BCUT2D eigenvalue weighted by atomic mass is 35.5. The number of benzene rings is 1. The monoisotopic (exact) mass is 240 g/mol. The van der Waals surface area contributed by atoms with Crippen molar-refractivity contribution in [1.82, 2.24) is 4.37 Å². The van der Waals surface area contributed by atoms with Crippen LogP contribution in [0.4, 0.5) is 5.82 Å². The van der Waals surface area contributed by atoms with E-state index in [4.69, 9.17) is 22.1 Å². The molecule has 0 radical (unpaired) electrons. The molecule has 0 saturated carbocycles. The predicted molar refractivity (Wildman–Crippen MR) is 63.5 cm³/mol. The van der Waals surface area contributed by atoms with Gasteiger partial charge in [-0.2, -0.15) is 4.37 Å². The number of nitrogens with two attached hydrogens (primary N) is 1. The average molecular weight is 241 g/mol. The summed E-state index contributed by atoms with van der Waals surface area (Å²) in [7, 11) is 1.63. The summed E-state index contributed by atoms with van der Waals surface area (Å²) in [6.45, 7) is 0. The Balaban J connectivity index is 2.49. The maximum absolute atomic E-state index is 6.02. The SMILES string of the molecule is COc1cccc(-c2snc(N)c2Cl)c1. The fraction of sp³-hybridized carbons (Fsp3) is 0.100. The minimum atomic E-state index is 0.375. The molecule has 15 heavy (non-hydrogen) atoms. The van der Waals surface area contributed by atoms with Gasteiger partial charge >= 0.3 is 0 Å². The van der Waals surface area contributed by atoms with Gasteiger partial charge in [-0.1, -0.05) is 23.7 Å². The smallest absolute Gasteiger partial charge is 0.156 e. The first kappa shape index (κ1) is 10.3. The zero-order valence-corrected chi connectivity index (χ0v) is 9.60. The van der Waals surface area contributed by atoms with Crippen molar-refractivity contribution in [2.24, 2.45) is 0 Å². The number of hydrogen-bond donors (Lipinski definition) is 1. The van der Waals surface area contributed by atoms with Crippen molar-refractivity contribution in [1.29, 1.82) is 0 Å². The van der Waals surface area contributed by atoms with Crippen LogP contribution in [0.3, 0.4) is 0 Å². The standard InChI is InChI=1S/C10H9ClN2OS/c1-14-7-4-2-3-6(5-7)9-8(11)10(12)13-15-9/h2-5H,1H3,(H2,12,13). The minimum absolute atomic E-state index is 0.375. The molecule has 5 heteroatoms. The van der Waals surface area contributed by atoms with Crippen molar-refractivity contribution in [2.75, 3.05) is 12.8 Å². The molecule has 2 rings (SSSR count). The van der Waals surface area contributed by atoms with Crippen LogP contribution in [0.25, 0.3) is 10.4 Å². The lowest BCUT2D eigenvalue weighted by Crippen LogP contribution is -1.84. The van der Waals surface area contributed by atoms with Crippen molar-refractivity contribution < 1.29 is 4.74 Å². The molecular formula is C10H9ClN2OS. The lowest BCUT2D eigenvalue weighted by Gasteiger charge is -2.02. The van der Waals surface area contributed by atoms with E-state index < -0.39 is 0 Å². The molecule has 2 aromatic rings. The topological polar surface area (TPSA) is 48.1 Å². The molecule has 1 aromatic heterocycles. The normalized spacial score (nSPS) is 10.3. The summed E-state index contributed by atoms with van der Waals surface area (Å²) in [6.07, 6.45) is 0. The Kier molecular flexibility index (Phi) is 2.79. The van der Waals surface area contributed by atoms with Crippen molar-refractivity contribution >= 4 is 29.0 Å². The summed E-state index contributed by atoms with van der Waals surface area (Å²) in [6, 6.07) is 7.63. The first-order valence-corrected chi connectivity index (χ1v) is 5.42. The third-order valence-electron chi connectivity index (χ3n) is 1.99. The Morgan fingerprint density at radius 1 is 1.47 bits per heavy atom. The lowest BCUT2D eigenvalue weighted by molar-refractivity contribution is 0.415. The highest BCUT2D eigenvalue weighted by molar-refractivity contribution is 7.10. The van der Waals surface area contributed by atoms with Gasteiger partial charge in [0, 0.05) is 0 Å². The van der Waals surface area contributed by atoms with Crippen molar-refractivity contribution in [3.05, 3.63) is 29.3 Å². The number of anilines is 1. The van der Waals surface area contributed by atoms with Crippen LogP contribution >= 0.6 is 23.1 Å². The molecule has 0 fully saturated rings. The average Bonchev–Trinajstić information content (AvgIpc) is 2.60. The fourth-order valence-electron chi connectivity index (χ4n) is 1.24. The van der Waals surface area contributed by atoms with E-state index in [0.717, 1.165) is 16.2 Å². The second kappa shape index (κ2) is 4.08. The van der Waals surface area contributed by atoms with Gasteiger partial charge in [-0.05, 0) is 29.2 Å². The molecule has 0 bridgehead atoms. The Hall–Kier alpha value is -1.26. The van der Waals surface area contributed by atoms with Gasteiger partial charge in [0.2, 0.25) is 0 Å². The zero-order valence-electron chi connectivity index (χ0n) is 8.03. The Bertz CT molecular complexity index is 484. The van der Waals surface area contributed by atoms with Gasteiger partial charge in [-0.25, -0.2) is 0 Å². The highest BCUT2D eigenvalue weighted by Gasteiger charge is 2.11. The predicted octanol–water partition coefficient (Wildman–Crippen LogP) is 3.05. The molecule has 0 saturated heterocycles. The molecule has 0 atom stereocenters. The number of methoxy groups -OCH3 is 1. The first-order chi connectivity index (χ1) is 7.22. The van der Waals surface area contributed by atoms with Gasteiger partial charge in [0.15, 0.2) is 5.82 Å². The second-order valence-corrected chi connectivity index (χ2v) is 4.09. The van der Waals surface area contributed by atoms with E-state index in [-0.39, 0.29) is 0 Å². The van der Waals surface area contributed by atoms with Crippen molar-refractivity contribution in [3.63, 3.8) is 0 Å². The summed E-state index contributed by atoms with van der Waals surface area (Å²) in [5.74, 6) is 1.16. The fourth-order valence-corrected chi connectivity index (χ4v) is 2.24.